The molecule has 20 heavy (non-hydrogen) atoms. The van der Waals surface area contributed by atoms with Gasteiger partial charge in [0, 0.05) is 5.56 Å². The van der Waals surface area contributed by atoms with Crippen molar-refractivity contribution in [1.29, 1.82) is 0 Å². The maximum absolute atomic E-state index is 6.32. The Morgan fingerprint density at radius 1 is 1.20 bits per heavy atom. The third-order valence-corrected chi connectivity index (χ3v) is 3.97. The van der Waals surface area contributed by atoms with E-state index in [1.165, 1.54) is 5.56 Å². The lowest BCUT2D eigenvalue weighted by Gasteiger charge is -2.17. The third-order valence-electron chi connectivity index (χ3n) is 3.97. The molecule has 0 atom stereocenters. The first-order chi connectivity index (χ1) is 9.21. The van der Waals surface area contributed by atoms with Crippen molar-refractivity contribution in [2.75, 3.05) is 0 Å². The van der Waals surface area contributed by atoms with Gasteiger partial charge in [-0.2, -0.15) is 4.98 Å². The van der Waals surface area contributed by atoms with Crippen molar-refractivity contribution in [3.63, 3.8) is 0 Å². The summed E-state index contributed by atoms with van der Waals surface area (Å²) in [4.78, 5) is 4.49. The normalized spacial score (nSPS) is 16.9. The Kier molecular flexibility index (Phi) is 4.45. The number of halogens is 1. The van der Waals surface area contributed by atoms with Crippen LogP contribution in [0, 0.1) is 0 Å². The fourth-order valence-electron chi connectivity index (χ4n) is 2.65. The third kappa shape index (κ3) is 2.72. The average molecular weight is 294 g/mol. The van der Waals surface area contributed by atoms with E-state index in [2.05, 4.69) is 29.2 Å². The molecule has 1 aliphatic carbocycles. The number of aromatic nitrogens is 2. The van der Waals surface area contributed by atoms with E-state index in [1.54, 1.807) is 0 Å². The van der Waals surface area contributed by atoms with Crippen LogP contribution >= 0.6 is 12.4 Å². The fourth-order valence-corrected chi connectivity index (χ4v) is 2.65. The summed E-state index contributed by atoms with van der Waals surface area (Å²) >= 11 is 0. The molecule has 4 nitrogen and oxygen atoms in total. The predicted molar refractivity (Wildman–Crippen MR) is 80.7 cm³/mol. The average Bonchev–Trinajstić information content (AvgIpc) is 3.08. The van der Waals surface area contributed by atoms with Gasteiger partial charge in [-0.3, -0.25) is 0 Å². The van der Waals surface area contributed by atoms with Crippen molar-refractivity contribution in [3.8, 4) is 11.4 Å². The Labute approximate surface area is 125 Å². The Balaban J connectivity index is 0.00000147. The van der Waals surface area contributed by atoms with Crippen LogP contribution < -0.4 is 5.73 Å². The van der Waals surface area contributed by atoms with E-state index >= 15 is 0 Å². The van der Waals surface area contributed by atoms with Crippen LogP contribution in [-0.2, 0) is 12.0 Å². The zero-order valence-electron chi connectivity index (χ0n) is 11.6. The molecule has 108 valence electrons. The van der Waals surface area contributed by atoms with E-state index in [-0.39, 0.29) is 12.4 Å². The number of hydrogen-bond donors (Lipinski definition) is 1. The molecule has 0 radical (unpaired) electrons. The molecule has 1 aromatic carbocycles. The molecule has 2 aromatic rings. The van der Waals surface area contributed by atoms with Gasteiger partial charge in [0.2, 0.25) is 11.7 Å². The molecule has 1 aliphatic rings. The lowest BCUT2D eigenvalue weighted by atomic mass is 9.99. The molecule has 0 amide bonds. The van der Waals surface area contributed by atoms with E-state index in [4.69, 9.17) is 10.3 Å². The van der Waals surface area contributed by atoms with Gasteiger partial charge in [0.15, 0.2) is 0 Å². The number of rotatable bonds is 3. The number of benzene rings is 1. The van der Waals surface area contributed by atoms with Crippen LogP contribution in [0.2, 0.25) is 0 Å². The monoisotopic (exact) mass is 293 g/mol. The van der Waals surface area contributed by atoms with Crippen molar-refractivity contribution in [1.82, 2.24) is 10.1 Å². The van der Waals surface area contributed by atoms with Gasteiger partial charge < -0.3 is 10.3 Å². The zero-order valence-corrected chi connectivity index (χ0v) is 12.4. The summed E-state index contributed by atoms with van der Waals surface area (Å²) < 4.78 is 5.38. The Morgan fingerprint density at radius 3 is 2.45 bits per heavy atom. The zero-order chi connectivity index (χ0) is 13.3. The van der Waals surface area contributed by atoms with Crippen molar-refractivity contribution in [2.24, 2.45) is 5.73 Å². The highest BCUT2D eigenvalue weighted by Gasteiger charge is 2.36. The first-order valence-corrected chi connectivity index (χ1v) is 6.94. The van der Waals surface area contributed by atoms with Gasteiger partial charge in [0.1, 0.15) is 0 Å². The summed E-state index contributed by atoms with van der Waals surface area (Å²) in [7, 11) is 0. The van der Waals surface area contributed by atoms with Crippen LogP contribution in [0.25, 0.3) is 11.4 Å². The van der Waals surface area contributed by atoms with Crippen LogP contribution in [0.4, 0.5) is 0 Å². The van der Waals surface area contributed by atoms with Crippen LogP contribution in [0.1, 0.15) is 44.1 Å². The number of hydrogen-bond acceptors (Lipinski definition) is 4. The molecular weight excluding hydrogens is 274 g/mol. The maximum Gasteiger partial charge on any atom is 0.247 e. The second kappa shape index (κ2) is 5.94. The molecule has 1 fully saturated rings. The smallest absolute Gasteiger partial charge is 0.247 e. The molecule has 5 heteroatoms. The highest BCUT2D eigenvalue weighted by molar-refractivity contribution is 5.85. The lowest BCUT2D eigenvalue weighted by Crippen LogP contribution is -2.33. The second-order valence-corrected chi connectivity index (χ2v) is 5.34. The summed E-state index contributed by atoms with van der Waals surface area (Å²) in [6.45, 7) is 2.14. The summed E-state index contributed by atoms with van der Waals surface area (Å²) in [5, 5.41) is 4.07. The first-order valence-electron chi connectivity index (χ1n) is 6.94. The van der Waals surface area contributed by atoms with E-state index in [1.807, 2.05) is 12.1 Å². The minimum Gasteiger partial charge on any atom is -0.337 e. The lowest BCUT2D eigenvalue weighted by molar-refractivity contribution is 0.285. The SMILES string of the molecule is CCc1ccc(-c2noc(C3(N)CCCC3)n2)cc1.Cl. The molecule has 1 aromatic heterocycles. The van der Waals surface area contributed by atoms with Crippen molar-refractivity contribution < 1.29 is 4.52 Å². The molecule has 0 spiro atoms. The van der Waals surface area contributed by atoms with E-state index < -0.39 is 5.54 Å². The Morgan fingerprint density at radius 2 is 1.85 bits per heavy atom. The van der Waals surface area contributed by atoms with Gasteiger partial charge in [0.25, 0.3) is 0 Å². The van der Waals surface area contributed by atoms with E-state index in [0.29, 0.717) is 11.7 Å². The van der Waals surface area contributed by atoms with Gasteiger partial charge in [-0.05, 0) is 24.8 Å². The Bertz CT molecular complexity index is 559. The van der Waals surface area contributed by atoms with Gasteiger partial charge in [-0.15, -0.1) is 12.4 Å². The molecule has 0 saturated heterocycles. The molecule has 0 aliphatic heterocycles. The maximum atomic E-state index is 6.32. The largest absolute Gasteiger partial charge is 0.337 e. The number of nitrogens with zero attached hydrogens (tertiary/aromatic N) is 2. The first kappa shape index (κ1) is 15.0. The van der Waals surface area contributed by atoms with E-state index in [9.17, 15) is 0 Å². The fraction of sp³-hybridized carbons (Fsp3) is 0.467. The van der Waals surface area contributed by atoms with Crippen molar-refractivity contribution >= 4 is 12.4 Å². The predicted octanol–water partition coefficient (Wildman–Crippen LogP) is 3.45. The molecule has 3 rings (SSSR count). The van der Waals surface area contributed by atoms with Crippen LogP contribution in [0.5, 0.6) is 0 Å². The Hall–Kier alpha value is -1.39. The highest BCUT2D eigenvalue weighted by atomic mass is 35.5. The topological polar surface area (TPSA) is 64.9 Å². The van der Waals surface area contributed by atoms with Gasteiger partial charge in [-0.1, -0.05) is 49.2 Å². The van der Waals surface area contributed by atoms with Gasteiger partial charge >= 0.3 is 0 Å². The molecule has 0 bridgehead atoms. The standard InChI is InChI=1S/C15H19N3O.ClH/c1-2-11-5-7-12(8-6-11)13-17-14(19-18-13)15(16)9-3-4-10-15;/h5-8H,2-4,9-10,16H2,1H3;1H. The van der Waals surface area contributed by atoms with E-state index in [0.717, 1.165) is 37.7 Å². The quantitative estimate of drug-likeness (QED) is 0.941. The highest BCUT2D eigenvalue weighted by Crippen LogP contribution is 2.35. The van der Waals surface area contributed by atoms with Crippen LogP contribution in [0.15, 0.2) is 28.8 Å². The molecule has 1 heterocycles. The summed E-state index contributed by atoms with van der Waals surface area (Å²) in [6, 6.07) is 8.26. The van der Waals surface area contributed by atoms with Crippen LogP contribution in [-0.4, -0.2) is 10.1 Å². The molecule has 0 unspecified atom stereocenters. The second-order valence-electron chi connectivity index (χ2n) is 5.34. The van der Waals surface area contributed by atoms with Gasteiger partial charge in [-0.25, -0.2) is 0 Å². The molecular formula is C15H20ClN3O. The summed E-state index contributed by atoms with van der Waals surface area (Å²) in [5.41, 5.74) is 8.20. The minimum absolute atomic E-state index is 0. The van der Waals surface area contributed by atoms with Crippen LogP contribution in [0.3, 0.4) is 0 Å². The molecule has 2 N–H and O–H groups in total. The summed E-state index contributed by atoms with van der Waals surface area (Å²) in [6.07, 6.45) is 5.18. The summed E-state index contributed by atoms with van der Waals surface area (Å²) in [5.74, 6) is 1.22. The number of aryl methyl sites for hydroxylation is 1. The minimum atomic E-state index is -0.408. The van der Waals surface area contributed by atoms with Gasteiger partial charge in [0.05, 0.1) is 5.54 Å². The van der Waals surface area contributed by atoms with Crippen molar-refractivity contribution in [3.05, 3.63) is 35.7 Å². The van der Waals surface area contributed by atoms with Crippen molar-refractivity contribution in [2.45, 2.75) is 44.6 Å². The number of nitrogens with two attached hydrogens (primary N) is 1. The molecule has 1 saturated carbocycles.